The van der Waals surface area contributed by atoms with Gasteiger partial charge in [0.15, 0.2) is 0 Å². The van der Waals surface area contributed by atoms with Gasteiger partial charge < -0.3 is 31.4 Å². The topological polar surface area (TPSA) is 165 Å². The zero-order valence-electron chi connectivity index (χ0n) is 12.6. The monoisotopic (exact) mass is 334 g/mol. The van der Waals surface area contributed by atoms with E-state index < -0.39 is 30.1 Å². The highest BCUT2D eigenvalue weighted by molar-refractivity contribution is 5.75. The molecule has 0 aliphatic rings. The Morgan fingerprint density at radius 2 is 1.75 bits per heavy atom. The second-order valence-electron chi connectivity index (χ2n) is 5.34. The SMILES string of the molecule is N[C@H](C(=O)O)[C@@H](c1ccc(O)cc1)n1cncc1C[C@H](N)C(=O)O. The summed E-state index contributed by atoms with van der Waals surface area (Å²) in [5.74, 6) is -2.37. The average molecular weight is 334 g/mol. The molecule has 0 fully saturated rings. The molecule has 0 radical (unpaired) electrons. The van der Waals surface area contributed by atoms with Gasteiger partial charge in [-0.05, 0) is 17.7 Å². The van der Waals surface area contributed by atoms with Crippen molar-refractivity contribution in [2.24, 2.45) is 11.5 Å². The fraction of sp³-hybridized carbons (Fsp3) is 0.267. The summed E-state index contributed by atoms with van der Waals surface area (Å²) >= 11 is 0. The zero-order valence-corrected chi connectivity index (χ0v) is 12.6. The second-order valence-corrected chi connectivity index (χ2v) is 5.34. The van der Waals surface area contributed by atoms with E-state index in [9.17, 15) is 19.8 Å². The number of hydrogen-bond donors (Lipinski definition) is 5. The van der Waals surface area contributed by atoms with Crippen LogP contribution in [0.4, 0.5) is 0 Å². The molecule has 7 N–H and O–H groups in total. The summed E-state index contributed by atoms with van der Waals surface area (Å²) < 4.78 is 1.49. The lowest BCUT2D eigenvalue weighted by molar-refractivity contribution is -0.140. The van der Waals surface area contributed by atoms with E-state index in [1.54, 1.807) is 12.1 Å². The van der Waals surface area contributed by atoms with E-state index in [2.05, 4.69) is 4.98 Å². The summed E-state index contributed by atoms with van der Waals surface area (Å²) in [5, 5.41) is 27.7. The smallest absolute Gasteiger partial charge is 0.323 e. The van der Waals surface area contributed by atoms with Crippen LogP contribution in [0.5, 0.6) is 5.75 Å². The molecule has 2 rings (SSSR count). The van der Waals surface area contributed by atoms with Crippen LogP contribution in [-0.2, 0) is 16.0 Å². The van der Waals surface area contributed by atoms with Gasteiger partial charge in [-0.25, -0.2) is 4.98 Å². The minimum Gasteiger partial charge on any atom is -0.508 e. The van der Waals surface area contributed by atoms with E-state index in [4.69, 9.17) is 16.6 Å². The Hall–Kier alpha value is -2.91. The lowest BCUT2D eigenvalue weighted by Gasteiger charge is -2.25. The van der Waals surface area contributed by atoms with Crippen molar-refractivity contribution >= 4 is 11.9 Å². The number of aliphatic carboxylic acids is 2. The number of nitrogens with two attached hydrogens (primary N) is 2. The molecule has 9 heteroatoms. The highest BCUT2D eigenvalue weighted by Gasteiger charge is 2.29. The molecule has 0 bridgehead atoms. The fourth-order valence-corrected chi connectivity index (χ4v) is 2.40. The predicted octanol–water partition coefficient (Wildman–Crippen LogP) is -0.456. The summed E-state index contributed by atoms with van der Waals surface area (Å²) in [6, 6.07) is 2.63. The molecule has 0 aliphatic heterocycles. The largest absolute Gasteiger partial charge is 0.508 e. The maximum absolute atomic E-state index is 11.4. The molecule has 1 aromatic heterocycles. The van der Waals surface area contributed by atoms with Crippen molar-refractivity contribution < 1.29 is 24.9 Å². The molecule has 2 aromatic rings. The number of carboxylic acids is 2. The number of phenolic OH excluding ortho intramolecular Hbond substituents is 1. The Labute approximate surface area is 137 Å². The van der Waals surface area contributed by atoms with Gasteiger partial charge in [-0.3, -0.25) is 9.59 Å². The number of aromatic nitrogens is 2. The van der Waals surface area contributed by atoms with Crippen molar-refractivity contribution in [2.45, 2.75) is 24.5 Å². The number of benzene rings is 1. The molecule has 0 spiro atoms. The van der Waals surface area contributed by atoms with Crippen molar-refractivity contribution in [3.63, 3.8) is 0 Å². The summed E-state index contributed by atoms with van der Waals surface area (Å²) in [7, 11) is 0. The van der Waals surface area contributed by atoms with Gasteiger partial charge in [0.1, 0.15) is 17.8 Å². The Bertz CT molecular complexity index is 728. The number of hydrogen-bond acceptors (Lipinski definition) is 6. The van der Waals surface area contributed by atoms with Gasteiger partial charge in [0.25, 0.3) is 0 Å². The van der Waals surface area contributed by atoms with E-state index >= 15 is 0 Å². The lowest BCUT2D eigenvalue weighted by atomic mass is 9.98. The third-order valence-electron chi connectivity index (χ3n) is 3.65. The number of imidazole rings is 1. The Morgan fingerprint density at radius 3 is 2.29 bits per heavy atom. The number of nitrogens with zero attached hydrogens (tertiary/aromatic N) is 2. The van der Waals surface area contributed by atoms with Crippen LogP contribution in [0, 0.1) is 0 Å². The Kier molecular flexibility index (Phi) is 5.17. The predicted molar refractivity (Wildman–Crippen MR) is 83.4 cm³/mol. The van der Waals surface area contributed by atoms with E-state index in [1.165, 1.54) is 29.2 Å². The third-order valence-corrected chi connectivity index (χ3v) is 3.65. The maximum Gasteiger partial charge on any atom is 0.323 e. The van der Waals surface area contributed by atoms with Crippen molar-refractivity contribution in [2.75, 3.05) is 0 Å². The number of phenols is 1. The van der Waals surface area contributed by atoms with E-state index in [0.29, 0.717) is 11.3 Å². The van der Waals surface area contributed by atoms with Crippen LogP contribution in [0.2, 0.25) is 0 Å². The van der Waals surface area contributed by atoms with Crippen LogP contribution in [-0.4, -0.2) is 48.9 Å². The lowest BCUT2D eigenvalue weighted by Crippen LogP contribution is -2.41. The summed E-state index contributed by atoms with van der Waals surface area (Å²) in [6.45, 7) is 0. The normalized spacial score (nSPS) is 14.8. The molecule has 0 saturated heterocycles. The maximum atomic E-state index is 11.4. The molecule has 1 heterocycles. The van der Waals surface area contributed by atoms with Crippen molar-refractivity contribution in [3.8, 4) is 5.75 Å². The van der Waals surface area contributed by atoms with Crippen molar-refractivity contribution in [1.29, 1.82) is 0 Å². The van der Waals surface area contributed by atoms with Crippen molar-refractivity contribution in [3.05, 3.63) is 48.0 Å². The molecule has 0 aliphatic carbocycles. The highest BCUT2D eigenvalue weighted by Crippen LogP contribution is 2.25. The summed E-state index contributed by atoms with van der Waals surface area (Å²) in [6.07, 6.45) is 2.77. The van der Waals surface area contributed by atoms with E-state index in [1.807, 2.05) is 0 Å². The molecule has 1 aromatic carbocycles. The molecule has 128 valence electrons. The van der Waals surface area contributed by atoms with E-state index in [0.717, 1.165) is 0 Å². The van der Waals surface area contributed by atoms with Crippen LogP contribution in [0.25, 0.3) is 0 Å². The highest BCUT2D eigenvalue weighted by atomic mass is 16.4. The van der Waals surface area contributed by atoms with Crippen LogP contribution in [0.15, 0.2) is 36.8 Å². The first-order chi connectivity index (χ1) is 11.3. The fourth-order valence-electron chi connectivity index (χ4n) is 2.40. The molecule has 24 heavy (non-hydrogen) atoms. The van der Waals surface area contributed by atoms with Crippen LogP contribution in [0.3, 0.4) is 0 Å². The molecule has 0 unspecified atom stereocenters. The van der Waals surface area contributed by atoms with Gasteiger partial charge in [0.2, 0.25) is 0 Å². The quantitative estimate of drug-likeness (QED) is 0.454. The van der Waals surface area contributed by atoms with Gasteiger partial charge in [0, 0.05) is 18.3 Å². The molecular weight excluding hydrogens is 316 g/mol. The number of carbonyl (C=O) groups is 2. The van der Waals surface area contributed by atoms with Crippen LogP contribution >= 0.6 is 0 Å². The minimum absolute atomic E-state index is 0.0279. The Morgan fingerprint density at radius 1 is 1.12 bits per heavy atom. The van der Waals surface area contributed by atoms with Gasteiger partial charge in [-0.2, -0.15) is 0 Å². The first-order valence-corrected chi connectivity index (χ1v) is 7.07. The van der Waals surface area contributed by atoms with Gasteiger partial charge in [0.05, 0.1) is 12.4 Å². The number of rotatable bonds is 7. The van der Waals surface area contributed by atoms with Crippen LogP contribution < -0.4 is 11.5 Å². The summed E-state index contributed by atoms with van der Waals surface area (Å²) in [5.41, 5.74) is 12.4. The Balaban J connectivity index is 2.45. The van der Waals surface area contributed by atoms with E-state index in [-0.39, 0.29) is 12.2 Å². The zero-order chi connectivity index (χ0) is 17.9. The van der Waals surface area contributed by atoms with Gasteiger partial charge >= 0.3 is 11.9 Å². The van der Waals surface area contributed by atoms with Crippen molar-refractivity contribution in [1.82, 2.24) is 9.55 Å². The second kappa shape index (κ2) is 7.11. The molecule has 9 nitrogen and oxygen atoms in total. The average Bonchev–Trinajstić information content (AvgIpc) is 2.97. The first kappa shape index (κ1) is 17.4. The molecule has 3 atom stereocenters. The minimum atomic E-state index is -1.30. The molecule has 0 saturated carbocycles. The number of aromatic hydroxyl groups is 1. The van der Waals surface area contributed by atoms with Gasteiger partial charge in [-0.15, -0.1) is 0 Å². The number of carboxylic acid groups (broad SMARTS) is 2. The first-order valence-electron chi connectivity index (χ1n) is 7.07. The molecular formula is C15H18N4O5. The standard InChI is InChI=1S/C15H18N4O5/c16-11(14(21)22)5-9-6-18-7-19(9)13(12(17)15(23)24)8-1-3-10(20)4-2-8/h1-4,6-7,11-13,20H,5,16-17H2,(H,21,22)(H,23,24)/t11-,12-,13+/m0/s1. The molecule has 0 amide bonds. The van der Waals surface area contributed by atoms with Gasteiger partial charge in [-0.1, -0.05) is 12.1 Å². The summed E-state index contributed by atoms with van der Waals surface area (Å²) in [4.78, 5) is 26.3. The third kappa shape index (κ3) is 3.70. The van der Waals surface area contributed by atoms with Crippen LogP contribution in [0.1, 0.15) is 17.3 Å².